The summed E-state index contributed by atoms with van der Waals surface area (Å²) in [5.41, 5.74) is 4.68. The molecule has 0 bridgehead atoms. The van der Waals surface area contributed by atoms with Crippen LogP contribution in [0.3, 0.4) is 0 Å². The Bertz CT molecular complexity index is 1290. The summed E-state index contributed by atoms with van der Waals surface area (Å²) >= 11 is 0. The van der Waals surface area contributed by atoms with Gasteiger partial charge in [0.05, 0.1) is 16.5 Å². The van der Waals surface area contributed by atoms with Gasteiger partial charge in [0, 0.05) is 32.9 Å². The second kappa shape index (κ2) is 8.89. The van der Waals surface area contributed by atoms with Crippen molar-refractivity contribution >= 4 is 16.7 Å². The number of phenolic OH excluding ortho intramolecular Hbond substituents is 1. The van der Waals surface area contributed by atoms with Crippen molar-refractivity contribution < 1.29 is 9.52 Å². The van der Waals surface area contributed by atoms with Crippen LogP contribution in [0.1, 0.15) is 16.9 Å². The fourth-order valence-corrected chi connectivity index (χ4v) is 4.04. The molecule has 0 fully saturated rings. The number of benzene rings is 3. The van der Waals surface area contributed by atoms with E-state index in [4.69, 9.17) is 4.42 Å². The Morgan fingerprint density at radius 3 is 2.22 bits per heavy atom. The molecule has 1 N–H and O–H groups in total. The van der Waals surface area contributed by atoms with Crippen molar-refractivity contribution in [2.24, 2.45) is 0 Å². The Balaban J connectivity index is 1.68. The molecule has 0 amide bonds. The quantitative estimate of drug-likeness (QED) is 0.459. The Morgan fingerprint density at radius 1 is 0.875 bits per heavy atom. The Hall–Kier alpha value is -3.57. The summed E-state index contributed by atoms with van der Waals surface area (Å²) in [5.74, 6) is 0.671. The fourth-order valence-electron chi connectivity index (χ4n) is 4.04. The lowest BCUT2D eigenvalue weighted by Crippen LogP contribution is -2.18. The van der Waals surface area contributed by atoms with E-state index in [9.17, 15) is 9.90 Å². The Labute approximate surface area is 188 Å². The molecule has 32 heavy (non-hydrogen) atoms. The van der Waals surface area contributed by atoms with Crippen LogP contribution in [0.25, 0.3) is 22.1 Å². The highest BCUT2D eigenvalue weighted by molar-refractivity contribution is 5.86. The van der Waals surface area contributed by atoms with Gasteiger partial charge < -0.3 is 14.4 Å². The topological polar surface area (TPSA) is 56.9 Å². The summed E-state index contributed by atoms with van der Waals surface area (Å²) in [5, 5.41) is 11.1. The third kappa shape index (κ3) is 4.25. The van der Waals surface area contributed by atoms with E-state index in [-0.39, 0.29) is 11.2 Å². The van der Waals surface area contributed by atoms with Crippen LogP contribution in [0.4, 0.5) is 5.69 Å². The average Bonchev–Trinajstić information content (AvgIpc) is 2.77. The minimum absolute atomic E-state index is 0.0851. The van der Waals surface area contributed by atoms with Gasteiger partial charge in [0.15, 0.2) is 0 Å². The van der Waals surface area contributed by atoms with Crippen LogP contribution in [0.2, 0.25) is 0 Å². The Morgan fingerprint density at radius 2 is 1.56 bits per heavy atom. The lowest BCUT2D eigenvalue weighted by molar-refractivity contribution is 0.312. The molecule has 0 aliphatic heterocycles. The van der Waals surface area contributed by atoms with Crippen molar-refractivity contribution in [3.63, 3.8) is 0 Å². The fraction of sp³-hybridized carbons (Fsp3) is 0.222. The van der Waals surface area contributed by atoms with Crippen LogP contribution in [0.5, 0.6) is 5.75 Å². The summed E-state index contributed by atoms with van der Waals surface area (Å²) in [4.78, 5) is 17.5. The zero-order chi connectivity index (χ0) is 22.8. The van der Waals surface area contributed by atoms with Crippen LogP contribution in [-0.2, 0) is 13.1 Å². The molecule has 0 saturated carbocycles. The molecule has 5 nitrogen and oxygen atoms in total. The van der Waals surface area contributed by atoms with E-state index in [1.807, 2.05) is 51.5 Å². The maximum Gasteiger partial charge on any atom is 0.200 e. The van der Waals surface area contributed by atoms with Crippen molar-refractivity contribution in [1.29, 1.82) is 0 Å². The minimum atomic E-state index is -0.0851. The maximum absolute atomic E-state index is 13.3. The predicted molar refractivity (Wildman–Crippen MR) is 130 cm³/mol. The van der Waals surface area contributed by atoms with E-state index in [1.54, 1.807) is 19.1 Å². The summed E-state index contributed by atoms with van der Waals surface area (Å²) in [7, 11) is 6.02. The summed E-state index contributed by atoms with van der Waals surface area (Å²) in [6, 6.07) is 21.1. The number of aryl methyl sites for hydroxylation is 1. The second-order valence-corrected chi connectivity index (χ2v) is 8.40. The molecular formula is C27H28N2O3. The SMILES string of the molecule is Cc1oc2c(CN(C)Cc3ccc(N(C)C)cc3)c(O)ccc2c(=O)c1-c1ccccc1. The summed E-state index contributed by atoms with van der Waals surface area (Å²) < 4.78 is 6.14. The number of anilines is 1. The molecule has 0 saturated heterocycles. The summed E-state index contributed by atoms with van der Waals surface area (Å²) in [6.45, 7) is 2.95. The predicted octanol–water partition coefficient (Wildman–Crippen LogP) is 5.17. The van der Waals surface area contributed by atoms with Crippen LogP contribution < -0.4 is 10.3 Å². The monoisotopic (exact) mass is 428 g/mol. The summed E-state index contributed by atoms with van der Waals surface area (Å²) in [6.07, 6.45) is 0. The first-order chi connectivity index (χ1) is 15.3. The van der Waals surface area contributed by atoms with Gasteiger partial charge in [0.1, 0.15) is 17.1 Å². The molecule has 0 radical (unpaired) electrons. The van der Waals surface area contributed by atoms with Crippen LogP contribution in [-0.4, -0.2) is 31.1 Å². The highest BCUT2D eigenvalue weighted by atomic mass is 16.3. The third-order valence-corrected chi connectivity index (χ3v) is 5.71. The number of aromatic hydroxyl groups is 1. The molecule has 4 rings (SSSR count). The van der Waals surface area contributed by atoms with Gasteiger partial charge in [0.25, 0.3) is 0 Å². The molecular weight excluding hydrogens is 400 g/mol. The molecule has 1 aromatic heterocycles. The van der Waals surface area contributed by atoms with Crippen molar-refractivity contribution in [3.8, 4) is 16.9 Å². The van der Waals surface area contributed by atoms with Gasteiger partial charge in [-0.3, -0.25) is 9.69 Å². The molecule has 164 valence electrons. The van der Waals surface area contributed by atoms with E-state index < -0.39 is 0 Å². The standard InChI is InChI=1S/C27H28N2O3/c1-18-25(20-8-6-5-7-9-20)26(31)22-14-15-24(30)23(27(22)32-18)17-29(4)16-19-10-12-21(13-11-19)28(2)3/h5-15,30H,16-17H2,1-4H3. The number of rotatable bonds is 6. The highest BCUT2D eigenvalue weighted by Crippen LogP contribution is 2.31. The van der Waals surface area contributed by atoms with E-state index in [0.717, 1.165) is 11.3 Å². The first-order valence-corrected chi connectivity index (χ1v) is 10.6. The van der Waals surface area contributed by atoms with Gasteiger partial charge in [-0.1, -0.05) is 42.5 Å². The van der Waals surface area contributed by atoms with Crippen molar-refractivity contribution in [1.82, 2.24) is 4.90 Å². The first-order valence-electron chi connectivity index (χ1n) is 10.6. The zero-order valence-electron chi connectivity index (χ0n) is 18.9. The number of phenols is 1. The molecule has 0 spiro atoms. The molecule has 0 aliphatic carbocycles. The van der Waals surface area contributed by atoms with Crippen molar-refractivity contribution in [2.45, 2.75) is 20.0 Å². The first kappa shape index (κ1) is 21.7. The maximum atomic E-state index is 13.3. The molecule has 0 atom stereocenters. The molecule has 0 aliphatic rings. The zero-order valence-corrected chi connectivity index (χ0v) is 18.9. The van der Waals surface area contributed by atoms with E-state index in [2.05, 4.69) is 34.1 Å². The van der Waals surface area contributed by atoms with Gasteiger partial charge in [-0.25, -0.2) is 0 Å². The van der Waals surface area contributed by atoms with Crippen LogP contribution in [0, 0.1) is 6.92 Å². The second-order valence-electron chi connectivity index (χ2n) is 8.40. The van der Waals surface area contributed by atoms with Gasteiger partial charge in [-0.15, -0.1) is 0 Å². The van der Waals surface area contributed by atoms with E-state index in [0.29, 0.717) is 40.9 Å². The van der Waals surface area contributed by atoms with E-state index in [1.165, 1.54) is 5.56 Å². The number of nitrogens with zero attached hydrogens (tertiary/aromatic N) is 2. The average molecular weight is 429 g/mol. The van der Waals surface area contributed by atoms with Crippen LogP contribution >= 0.6 is 0 Å². The van der Waals surface area contributed by atoms with Crippen molar-refractivity contribution in [3.05, 3.63) is 93.8 Å². The number of hydrogen-bond donors (Lipinski definition) is 1. The smallest absolute Gasteiger partial charge is 0.200 e. The van der Waals surface area contributed by atoms with Gasteiger partial charge >= 0.3 is 0 Å². The highest BCUT2D eigenvalue weighted by Gasteiger charge is 2.19. The molecule has 0 unspecified atom stereocenters. The molecule has 1 heterocycles. The van der Waals surface area contributed by atoms with Gasteiger partial charge in [-0.2, -0.15) is 0 Å². The van der Waals surface area contributed by atoms with Crippen LogP contribution in [0.15, 0.2) is 75.9 Å². The number of fused-ring (bicyclic) bond motifs is 1. The normalized spacial score (nSPS) is 11.3. The minimum Gasteiger partial charge on any atom is -0.507 e. The van der Waals surface area contributed by atoms with E-state index >= 15 is 0 Å². The lowest BCUT2D eigenvalue weighted by Gasteiger charge is -2.19. The Kier molecular flexibility index (Phi) is 6.01. The third-order valence-electron chi connectivity index (χ3n) is 5.71. The van der Waals surface area contributed by atoms with Crippen molar-refractivity contribution in [2.75, 3.05) is 26.0 Å². The largest absolute Gasteiger partial charge is 0.507 e. The van der Waals surface area contributed by atoms with Gasteiger partial charge in [0.2, 0.25) is 5.43 Å². The molecule has 4 aromatic rings. The molecule has 5 heteroatoms. The molecule has 3 aromatic carbocycles. The lowest BCUT2D eigenvalue weighted by atomic mass is 10.0. The van der Waals surface area contributed by atoms with Gasteiger partial charge in [-0.05, 0) is 49.4 Å². The number of hydrogen-bond acceptors (Lipinski definition) is 5.